The molecule has 0 fully saturated rings. The van der Waals surface area contributed by atoms with Crippen LogP contribution >= 0.6 is 11.3 Å². The molecular formula is C26H23N5O2S. The van der Waals surface area contributed by atoms with Crippen LogP contribution in [-0.2, 0) is 6.42 Å². The molecule has 170 valence electrons. The zero-order valence-electron chi connectivity index (χ0n) is 18.6. The lowest BCUT2D eigenvalue weighted by Crippen LogP contribution is -2.32. The largest absolute Gasteiger partial charge is 0.350 e. The summed E-state index contributed by atoms with van der Waals surface area (Å²) in [6.07, 6.45) is 1.79. The number of hydrogen-bond acceptors (Lipinski definition) is 6. The van der Waals surface area contributed by atoms with Gasteiger partial charge in [-0.05, 0) is 61.7 Å². The third kappa shape index (κ3) is 4.67. The predicted octanol–water partition coefficient (Wildman–Crippen LogP) is 4.80. The first-order chi connectivity index (χ1) is 16.6. The van der Waals surface area contributed by atoms with Gasteiger partial charge in [0.25, 0.3) is 11.5 Å². The minimum Gasteiger partial charge on any atom is -0.350 e. The Hall–Kier alpha value is -4.04. The standard InChI is InChI=1S/C26H23N5O2S/c1-17(11-12-18-7-3-2-4-8-18)27-23(32)19-13-15-20(16-14-19)28-25-30-31-24(33)21-9-5-6-10-22(21)29-26(31)34-25/h2-10,13-17H,11-12H2,1H3,(H,27,32)(H,28,30). The van der Waals surface area contributed by atoms with Crippen LogP contribution in [0.25, 0.3) is 15.9 Å². The average Bonchev–Trinajstić information content (AvgIpc) is 3.26. The van der Waals surface area contributed by atoms with Gasteiger partial charge < -0.3 is 10.6 Å². The quantitative estimate of drug-likeness (QED) is 0.358. The van der Waals surface area contributed by atoms with Crippen LogP contribution in [0.4, 0.5) is 10.8 Å². The van der Waals surface area contributed by atoms with Crippen molar-refractivity contribution in [3.63, 3.8) is 0 Å². The number of para-hydroxylation sites is 1. The highest BCUT2D eigenvalue weighted by atomic mass is 32.1. The Balaban J connectivity index is 1.24. The Labute approximate surface area is 200 Å². The minimum atomic E-state index is -0.196. The molecule has 0 aliphatic carbocycles. The number of aryl methyl sites for hydroxylation is 1. The van der Waals surface area contributed by atoms with Gasteiger partial charge in [-0.15, -0.1) is 5.10 Å². The van der Waals surface area contributed by atoms with E-state index in [9.17, 15) is 9.59 Å². The first-order valence-corrected chi connectivity index (χ1v) is 11.9. The Morgan fingerprint density at radius 3 is 2.53 bits per heavy atom. The summed E-state index contributed by atoms with van der Waals surface area (Å²) in [5.74, 6) is -0.102. The third-order valence-electron chi connectivity index (χ3n) is 5.59. The number of carbonyl (C=O) groups is 1. The van der Waals surface area contributed by atoms with Gasteiger partial charge in [-0.3, -0.25) is 9.59 Å². The van der Waals surface area contributed by atoms with E-state index < -0.39 is 0 Å². The highest BCUT2D eigenvalue weighted by Gasteiger charge is 2.12. The topological polar surface area (TPSA) is 88.4 Å². The molecule has 2 N–H and O–H groups in total. The summed E-state index contributed by atoms with van der Waals surface area (Å²) in [6, 6.07) is 24.7. The molecule has 0 aliphatic heterocycles. The first kappa shape index (κ1) is 21.8. The number of carbonyl (C=O) groups excluding carboxylic acids is 1. The summed E-state index contributed by atoms with van der Waals surface area (Å²) in [5.41, 5.74) is 3.07. The highest BCUT2D eigenvalue weighted by Crippen LogP contribution is 2.23. The van der Waals surface area contributed by atoms with Crippen molar-refractivity contribution < 1.29 is 4.79 Å². The second kappa shape index (κ2) is 9.44. The lowest BCUT2D eigenvalue weighted by Gasteiger charge is -2.14. The third-order valence-corrected chi connectivity index (χ3v) is 6.41. The van der Waals surface area contributed by atoms with Gasteiger partial charge in [0.15, 0.2) is 0 Å². The maximum atomic E-state index is 12.7. The second-order valence-electron chi connectivity index (χ2n) is 8.14. The van der Waals surface area contributed by atoms with E-state index in [2.05, 4.69) is 32.8 Å². The van der Waals surface area contributed by atoms with Crippen LogP contribution in [0.15, 0.2) is 83.7 Å². The summed E-state index contributed by atoms with van der Waals surface area (Å²) < 4.78 is 1.31. The molecule has 34 heavy (non-hydrogen) atoms. The average molecular weight is 470 g/mol. The van der Waals surface area contributed by atoms with E-state index in [-0.39, 0.29) is 17.5 Å². The number of fused-ring (bicyclic) bond motifs is 2. The van der Waals surface area contributed by atoms with E-state index in [4.69, 9.17) is 0 Å². The Bertz CT molecular complexity index is 1510. The van der Waals surface area contributed by atoms with Gasteiger partial charge in [-0.1, -0.05) is 53.8 Å². The van der Waals surface area contributed by atoms with Gasteiger partial charge in [0.05, 0.1) is 10.9 Å². The highest BCUT2D eigenvalue weighted by molar-refractivity contribution is 7.20. The number of benzene rings is 3. The fourth-order valence-electron chi connectivity index (χ4n) is 3.74. The lowest BCUT2D eigenvalue weighted by molar-refractivity contribution is 0.0938. The molecule has 8 heteroatoms. The molecule has 0 radical (unpaired) electrons. The van der Waals surface area contributed by atoms with E-state index in [1.165, 1.54) is 21.4 Å². The van der Waals surface area contributed by atoms with E-state index in [0.717, 1.165) is 18.5 Å². The van der Waals surface area contributed by atoms with Crippen molar-refractivity contribution >= 4 is 43.9 Å². The molecule has 5 rings (SSSR count). The minimum absolute atomic E-state index is 0.0644. The summed E-state index contributed by atoms with van der Waals surface area (Å²) in [4.78, 5) is 30.3. The van der Waals surface area contributed by atoms with E-state index >= 15 is 0 Å². The van der Waals surface area contributed by atoms with Crippen LogP contribution in [0.3, 0.4) is 0 Å². The number of amides is 1. The lowest BCUT2D eigenvalue weighted by atomic mass is 10.1. The maximum absolute atomic E-state index is 12.7. The number of anilines is 2. The summed E-state index contributed by atoms with van der Waals surface area (Å²) in [5, 5.41) is 11.7. The molecule has 1 unspecified atom stereocenters. The van der Waals surface area contributed by atoms with E-state index in [0.29, 0.717) is 26.6 Å². The number of rotatable bonds is 7. The molecule has 0 spiro atoms. The number of nitrogens with one attached hydrogen (secondary N) is 2. The first-order valence-electron chi connectivity index (χ1n) is 11.1. The number of nitrogens with zero attached hydrogens (tertiary/aromatic N) is 3. The van der Waals surface area contributed by atoms with Crippen molar-refractivity contribution in [3.05, 3.63) is 100 Å². The van der Waals surface area contributed by atoms with E-state index in [1.807, 2.05) is 55.5 Å². The predicted molar refractivity (Wildman–Crippen MR) is 136 cm³/mol. The molecule has 3 aromatic carbocycles. The van der Waals surface area contributed by atoms with Gasteiger partial charge >= 0.3 is 0 Å². The van der Waals surface area contributed by atoms with Crippen molar-refractivity contribution in [1.82, 2.24) is 19.9 Å². The van der Waals surface area contributed by atoms with Gasteiger partial charge in [-0.2, -0.15) is 4.52 Å². The monoisotopic (exact) mass is 469 g/mol. The van der Waals surface area contributed by atoms with Crippen LogP contribution in [0.1, 0.15) is 29.3 Å². The fraction of sp³-hybridized carbons (Fsp3) is 0.154. The Kier molecular flexibility index (Phi) is 6.05. The fourth-order valence-corrected chi connectivity index (χ4v) is 4.56. The van der Waals surface area contributed by atoms with Crippen LogP contribution in [0.5, 0.6) is 0 Å². The van der Waals surface area contributed by atoms with Crippen LogP contribution < -0.4 is 16.2 Å². The molecule has 0 aliphatic rings. The Morgan fingerprint density at radius 1 is 1.00 bits per heavy atom. The van der Waals surface area contributed by atoms with Gasteiger partial charge in [-0.25, -0.2) is 4.98 Å². The zero-order chi connectivity index (χ0) is 23.5. The maximum Gasteiger partial charge on any atom is 0.283 e. The second-order valence-corrected chi connectivity index (χ2v) is 9.09. The molecule has 2 heterocycles. The van der Waals surface area contributed by atoms with Gasteiger partial charge in [0.2, 0.25) is 10.1 Å². The molecule has 1 atom stereocenters. The normalized spacial score (nSPS) is 12.0. The summed E-state index contributed by atoms with van der Waals surface area (Å²) in [6.45, 7) is 2.02. The van der Waals surface area contributed by atoms with Crippen molar-refractivity contribution in [2.75, 3.05) is 5.32 Å². The molecule has 5 aromatic rings. The van der Waals surface area contributed by atoms with Crippen molar-refractivity contribution in [1.29, 1.82) is 0 Å². The molecule has 0 saturated heterocycles. The summed E-state index contributed by atoms with van der Waals surface area (Å²) >= 11 is 1.29. The van der Waals surface area contributed by atoms with E-state index in [1.54, 1.807) is 18.2 Å². The zero-order valence-corrected chi connectivity index (χ0v) is 19.4. The molecule has 0 bridgehead atoms. The summed E-state index contributed by atoms with van der Waals surface area (Å²) in [7, 11) is 0. The van der Waals surface area contributed by atoms with Crippen molar-refractivity contribution in [2.45, 2.75) is 25.8 Å². The smallest absolute Gasteiger partial charge is 0.283 e. The van der Waals surface area contributed by atoms with Crippen LogP contribution in [0.2, 0.25) is 0 Å². The molecule has 0 saturated carbocycles. The number of hydrogen-bond donors (Lipinski definition) is 2. The number of aromatic nitrogens is 3. The van der Waals surface area contributed by atoms with Crippen LogP contribution in [0, 0.1) is 0 Å². The Morgan fingerprint density at radius 2 is 1.74 bits per heavy atom. The van der Waals surface area contributed by atoms with Crippen molar-refractivity contribution in [3.8, 4) is 0 Å². The van der Waals surface area contributed by atoms with Gasteiger partial charge in [0.1, 0.15) is 0 Å². The SMILES string of the molecule is CC(CCc1ccccc1)NC(=O)c1ccc(Nc2nn3c(=O)c4ccccc4nc3s2)cc1. The van der Waals surface area contributed by atoms with Crippen molar-refractivity contribution in [2.24, 2.45) is 0 Å². The van der Waals surface area contributed by atoms with Gasteiger partial charge in [0, 0.05) is 17.3 Å². The van der Waals surface area contributed by atoms with Crippen LogP contribution in [-0.4, -0.2) is 26.5 Å². The molecular weight excluding hydrogens is 446 g/mol. The molecule has 2 aromatic heterocycles. The molecule has 1 amide bonds. The molecule has 7 nitrogen and oxygen atoms in total.